The molecule has 118 valence electrons. The Balaban J connectivity index is 1.64. The highest BCUT2D eigenvalue weighted by molar-refractivity contribution is 7.99. The summed E-state index contributed by atoms with van der Waals surface area (Å²) < 4.78 is 1.90. The van der Waals surface area contributed by atoms with E-state index in [4.69, 9.17) is 0 Å². The second-order valence-electron chi connectivity index (χ2n) is 5.88. The molecule has 2 atom stereocenters. The molecule has 0 bridgehead atoms. The summed E-state index contributed by atoms with van der Waals surface area (Å²) >= 11 is 2.11. The minimum atomic E-state index is 0.648. The van der Waals surface area contributed by atoms with Crippen LogP contribution in [-0.4, -0.2) is 31.8 Å². The third-order valence-electron chi connectivity index (χ3n) is 4.23. The van der Waals surface area contributed by atoms with Crippen molar-refractivity contribution in [2.24, 2.45) is 7.05 Å². The Bertz CT molecular complexity index is 596. The normalized spacial score (nSPS) is 21.4. The molecule has 0 aliphatic heterocycles. The highest BCUT2D eigenvalue weighted by Gasteiger charge is 2.24. The zero-order chi connectivity index (χ0) is 15.4. The second-order valence-corrected chi connectivity index (χ2v) is 7.46. The van der Waals surface area contributed by atoms with Crippen molar-refractivity contribution in [2.75, 3.05) is 5.75 Å². The van der Waals surface area contributed by atoms with Crippen molar-refractivity contribution in [3.63, 3.8) is 0 Å². The molecule has 2 heterocycles. The molecular formula is C17H24N4S. The molecule has 0 unspecified atom stereocenters. The number of hydrogen-bond donors (Lipinski definition) is 1. The summed E-state index contributed by atoms with van der Waals surface area (Å²) in [5, 5.41) is 9.19. The predicted molar refractivity (Wildman–Crippen MR) is 92.8 cm³/mol. The van der Waals surface area contributed by atoms with Gasteiger partial charge in [0.2, 0.25) is 0 Å². The monoisotopic (exact) mass is 316 g/mol. The number of thioether (sulfide) groups is 1. The zero-order valence-electron chi connectivity index (χ0n) is 13.3. The van der Waals surface area contributed by atoms with Gasteiger partial charge in [0.1, 0.15) is 0 Å². The summed E-state index contributed by atoms with van der Waals surface area (Å²) in [7, 11) is 1.98. The SMILES string of the molecule is CCS[C@H]1CC[C@H](NCc2cn(C)nc2-c2ccncc2)C1. The number of nitrogens with one attached hydrogen (secondary N) is 1. The number of hydrogen-bond acceptors (Lipinski definition) is 4. The molecule has 4 nitrogen and oxygen atoms in total. The molecule has 0 spiro atoms. The Morgan fingerprint density at radius 1 is 1.32 bits per heavy atom. The molecule has 0 radical (unpaired) electrons. The van der Waals surface area contributed by atoms with Gasteiger partial charge in [0, 0.05) is 54.6 Å². The van der Waals surface area contributed by atoms with Gasteiger partial charge >= 0.3 is 0 Å². The summed E-state index contributed by atoms with van der Waals surface area (Å²) in [5.41, 5.74) is 3.47. The van der Waals surface area contributed by atoms with Crippen LogP contribution < -0.4 is 5.32 Å². The summed E-state index contributed by atoms with van der Waals surface area (Å²) in [6, 6.07) is 4.69. The zero-order valence-corrected chi connectivity index (χ0v) is 14.1. The van der Waals surface area contributed by atoms with Gasteiger partial charge < -0.3 is 5.32 Å². The topological polar surface area (TPSA) is 42.7 Å². The van der Waals surface area contributed by atoms with E-state index in [0.29, 0.717) is 6.04 Å². The standard InChI is InChI=1S/C17H24N4S/c1-3-22-16-5-4-15(10-16)19-11-14-12-21(2)20-17(14)13-6-8-18-9-7-13/h6-9,12,15-16,19H,3-5,10-11H2,1-2H3/t15-,16-/m0/s1. The molecule has 2 aromatic heterocycles. The fourth-order valence-corrected chi connectivity index (χ4v) is 4.33. The van der Waals surface area contributed by atoms with E-state index in [1.807, 2.05) is 36.3 Å². The number of aromatic nitrogens is 3. The summed E-state index contributed by atoms with van der Waals surface area (Å²) in [6.07, 6.45) is 9.71. The minimum absolute atomic E-state index is 0.648. The van der Waals surface area contributed by atoms with Crippen LogP contribution in [0.2, 0.25) is 0 Å². The van der Waals surface area contributed by atoms with Gasteiger partial charge in [-0.2, -0.15) is 16.9 Å². The van der Waals surface area contributed by atoms with Gasteiger partial charge in [0.25, 0.3) is 0 Å². The molecule has 1 aliphatic rings. The first-order chi connectivity index (χ1) is 10.8. The second kappa shape index (κ2) is 7.29. The lowest BCUT2D eigenvalue weighted by Crippen LogP contribution is -2.26. The molecule has 2 aromatic rings. The van der Waals surface area contributed by atoms with Crippen LogP contribution in [0, 0.1) is 0 Å². The van der Waals surface area contributed by atoms with Crippen molar-refractivity contribution in [1.29, 1.82) is 0 Å². The van der Waals surface area contributed by atoms with Gasteiger partial charge in [0.05, 0.1) is 5.69 Å². The van der Waals surface area contributed by atoms with Crippen LogP contribution >= 0.6 is 11.8 Å². The van der Waals surface area contributed by atoms with Crippen molar-refractivity contribution >= 4 is 11.8 Å². The molecule has 0 saturated heterocycles. The lowest BCUT2D eigenvalue weighted by Gasteiger charge is -2.13. The van der Waals surface area contributed by atoms with Gasteiger partial charge in [-0.25, -0.2) is 0 Å². The Morgan fingerprint density at radius 2 is 2.14 bits per heavy atom. The summed E-state index contributed by atoms with van der Waals surface area (Å²) in [6.45, 7) is 3.14. The van der Waals surface area contributed by atoms with Crippen LogP contribution in [-0.2, 0) is 13.6 Å². The molecule has 1 saturated carbocycles. The van der Waals surface area contributed by atoms with Crippen molar-refractivity contribution in [2.45, 2.75) is 44.0 Å². The van der Waals surface area contributed by atoms with Crippen LogP contribution in [0.1, 0.15) is 31.7 Å². The molecule has 0 amide bonds. The maximum Gasteiger partial charge on any atom is 0.0969 e. The number of nitrogens with zero attached hydrogens (tertiary/aromatic N) is 3. The maximum absolute atomic E-state index is 4.62. The van der Waals surface area contributed by atoms with Gasteiger partial charge in [-0.1, -0.05) is 6.92 Å². The minimum Gasteiger partial charge on any atom is -0.310 e. The van der Waals surface area contributed by atoms with E-state index >= 15 is 0 Å². The van der Waals surface area contributed by atoms with Gasteiger partial charge in [-0.05, 0) is 37.1 Å². The first kappa shape index (κ1) is 15.6. The van der Waals surface area contributed by atoms with Gasteiger partial charge in [0.15, 0.2) is 0 Å². The average Bonchev–Trinajstić information content (AvgIpc) is 3.13. The molecule has 1 fully saturated rings. The lowest BCUT2D eigenvalue weighted by molar-refractivity contribution is 0.525. The average molecular weight is 316 g/mol. The van der Waals surface area contributed by atoms with E-state index in [0.717, 1.165) is 23.1 Å². The molecule has 1 N–H and O–H groups in total. The smallest absolute Gasteiger partial charge is 0.0969 e. The highest BCUT2D eigenvalue weighted by atomic mass is 32.2. The number of pyridine rings is 1. The van der Waals surface area contributed by atoms with Crippen LogP contribution in [0.4, 0.5) is 0 Å². The molecule has 3 rings (SSSR count). The van der Waals surface area contributed by atoms with Crippen LogP contribution in [0.5, 0.6) is 0 Å². The van der Waals surface area contributed by atoms with E-state index < -0.39 is 0 Å². The van der Waals surface area contributed by atoms with Gasteiger partial charge in [-0.15, -0.1) is 0 Å². The molecule has 5 heteroatoms. The Morgan fingerprint density at radius 3 is 2.91 bits per heavy atom. The fraction of sp³-hybridized carbons (Fsp3) is 0.529. The molecule has 0 aromatic carbocycles. The molecule has 22 heavy (non-hydrogen) atoms. The quantitative estimate of drug-likeness (QED) is 0.888. The lowest BCUT2D eigenvalue weighted by atomic mass is 10.1. The first-order valence-electron chi connectivity index (χ1n) is 8.04. The van der Waals surface area contributed by atoms with E-state index in [1.165, 1.54) is 30.6 Å². The Hall–Kier alpha value is -1.33. The highest BCUT2D eigenvalue weighted by Crippen LogP contribution is 2.30. The van der Waals surface area contributed by atoms with Gasteiger partial charge in [-0.3, -0.25) is 9.67 Å². The fourth-order valence-electron chi connectivity index (χ4n) is 3.19. The summed E-state index contributed by atoms with van der Waals surface area (Å²) in [5.74, 6) is 1.23. The van der Waals surface area contributed by atoms with Crippen molar-refractivity contribution < 1.29 is 0 Å². The molecule has 1 aliphatic carbocycles. The van der Waals surface area contributed by atoms with Crippen LogP contribution in [0.3, 0.4) is 0 Å². The molecular weight excluding hydrogens is 292 g/mol. The van der Waals surface area contributed by atoms with Crippen LogP contribution in [0.15, 0.2) is 30.7 Å². The van der Waals surface area contributed by atoms with E-state index in [1.54, 1.807) is 0 Å². The third kappa shape index (κ3) is 3.70. The first-order valence-corrected chi connectivity index (χ1v) is 9.09. The van der Waals surface area contributed by atoms with E-state index in [2.05, 4.69) is 40.3 Å². The van der Waals surface area contributed by atoms with Crippen molar-refractivity contribution in [3.8, 4) is 11.3 Å². The number of rotatable bonds is 6. The maximum atomic E-state index is 4.62. The Labute approximate surface area is 136 Å². The largest absolute Gasteiger partial charge is 0.310 e. The third-order valence-corrected chi connectivity index (χ3v) is 5.46. The predicted octanol–water partition coefficient (Wildman–Crippen LogP) is 3.25. The number of aryl methyl sites for hydroxylation is 1. The van der Waals surface area contributed by atoms with Crippen molar-refractivity contribution in [3.05, 3.63) is 36.3 Å². The summed E-state index contributed by atoms with van der Waals surface area (Å²) in [4.78, 5) is 4.09. The van der Waals surface area contributed by atoms with Crippen molar-refractivity contribution in [1.82, 2.24) is 20.1 Å². The van der Waals surface area contributed by atoms with Crippen LogP contribution in [0.25, 0.3) is 11.3 Å². The Kier molecular flexibility index (Phi) is 5.16. The van der Waals surface area contributed by atoms with E-state index in [9.17, 15) is 0 Å². The van der Waals surface area contributed by atoms with E-state index in [-0.39, 0.29) is 0 Å².